The van der Waals surface area contributed by atoms with Gasteiger partial charge in [-0.15, -0.1) is 0 Å². The van der Waals surface area contributed by atoms with E-state index in [0.29, 0.717) is 44.2 Å². The maximum Gasteiger partial charge on any atom is 0.267 e. The van der Waals surface area contributed by atoms with Crippen LogP contribution in [0.4, 0.5) is 5.82 Å². The molecule has 0 saturated carbocycles. The maximum absolute atomic E-state index is 13.2. The highest BCUT2D eigenvalue weighted by molar-refractivity contribution is 7.91. The average Bonchev–Trinajstić information content (AvgIpc) is 3.11. The van der Waals surface area contributed by atoms with Crippen LogP contribution in [0.1, 0.15) is 12.0 Å². The van der Waals surface area contributed by atoms with Gasteiger partial charge < -0.3 is 15.0 Å². The van der Waals surface area contributed by atoms with Crippen molar-refractivity contribution in [2.45, 2.75) is 12.5 Å². The zero-order chi connectivity index (χ0) is 22.0. The second-order valence-corrected chi connectivity index (χ2v) is 9.65. The number of amides is 1. The van der Waals surface area contributed by atoms with Gasteiger partial charge in [0, 0.05) is 25.3 Å². The summed E-state index contributed by atoms with van der Waals surface area (Å²) < 4.78 is 30.0. The fourth-order valence-electron chi connectivity index (χ4n) is 3.70. The molecule has 2 saturated heterocycles. The number of ether oxygens (including phenoxy) is 1. The number of sulfone groups is 1. The van der Waals surface area contributed by atoms with Crippen molar-refractivity contribution in [1.82, 2.24) is 14.7 Å². The van der Waals surface area contributed by atoms with Crippen molar-refractivity contribution in [3.63, 3.8) is 0 Å². The number of nitrogens with zero attached hydrogens (tertiary/aromatic N) is 4. The Labute approximate surface area is 178 Å². The Kier molecular flexibility index (Phi) is 5.75. The van der Waals surface area contributed by atoms with E-state index in [2.05, 4.69) is 10.3 Å². The fraction of sp³-hybridized carbons (Fsp3) is 0.400. The van der Waals surface area contributed by atoms with E-state index in [1.807, 2.05) is 11.0 Å². The molecule has 4 rings (SSSR count). The van der Waals surface area contributed by atoms with Crippen molar-refractivity contribution >= 4 is 33.3 Å². The highest BCUT2D eigenvalue weighted by Crippen LogP contribution is 2.20. The van der Waals surface area contributed by atoms with E-state index in [0.717, 1.165) is 0 Å². The number of hydrogen-bond acceptors (Lipinski definition) is 8. The van der Waals surface area contributed by atoms with Crippen LogP contribution >= 0.6 is 0 Å². The molecule has 0 radical (unpaired) electrons. The summed E-state index contributed by atoms with van der Waals surface area (Å²) in [7, 11) is -3.18. The van der Waals surface area contributed by atoms with Gasteiger partial charge in [-0.2, -0.15) is 5.26 Å². The Morgan fingerprint density at radius 3 is 2.77 bits per heavy atom. The molecule has 1 N–H and O–H groups in total. The summed E-state index contributed by atoms with van der Waals surface area (Å²) in [6.45, 7) is 1.98. The van der Waals surface area contributed by atoms with E-state index in [1.165, 1.54) is 10.5 Å². The molecule has 31 heavy (non-hydrogen) atoms. The predicted molar refractivity (Wildman–Crippen MR) is 113 cm³/mol. The predicted octanol–water partition coefficient (Wildman–Crippen LogP) is -0.259. The third-order valence-corrected chi connectivity index (χ3v) is 7.05. The summed E-state index contributed by atoms with van der Waals surface area (Å²) in [5, 5.41) is 12.2. The molecule has 2 aromatic heterocycles. The summed E-state index contributed by atoms with van der Waals surface area (Å²) in [6, 6.07) is 6.44. The smallest absolute Gasteiger partial charge is 0.267 e. The Morgan fingerprint density at radius 1 is 1.32 bits per heavy atom. The number of nitrogens with one attached hydrogen (secondary N) is 1. The van der Waals surface area contributed by atoms with Crippen molar-refractivity contribution in [2.75, 3.05) is 42.7 Å². The highest BCUT2D eigenvalue weighted by atomic mass is 32.2. The van der Waals surface area contributed by atoms with Crippen molar-refractivity contribution in [1.29, 1.82) is 5.26 Å². The second-order valence-electron chi connectivity index (χ2n) is 7.43. The van der Waals surface area contributed by atoms with Crippen LogP contribution in [0, 0.1) is 11.3 Å². The lowest BCUT2D eigenvalue weighted by molar-refractivity contribution is -0.117. The molecule has 10 nitrogen and oxygen atoms in total. The largest absolute Gasteiger partial charge is 0.378 e. The number of carbonyl (C=O) groups excluding carboxylic acids is 1. The molecule has 4 heterocycles. The number of hydrogen-bond donors (Lipinski definition) is 1. The fourth-order valence-corrected chi connectivity index (χ4v) is 5.37. The molecule has 0 aromatic carbocycles. The Morgan fingerprint density at radius 2 is 2.10 bits per heavy atom. The molecule has 2 aliphatic rings. The molecule has 1 amide bonds. The minimum absolute atomic E-state index is 0.000664. The molecular formula is C20H21N5O5S. The normalized spacial score (nSPS) is 21.1. The quantitative estimate of drug-likeness (QED) is 0.505. The van der Waals surface area contributed by atoms with Crippen LogP contribution in [-0.4, -0.2) is 67.6 Å². The first-order valence-corrected chi connectivity index (χ1v) is 11.7. The maximum atomic E-state index is 13.2. The number of fused-ring (bicyclic) bond motifs is 1. The minimum Gasteiger partial charge on any atom is -0.378 e. The average molecular weight is 443 g/mol. The number of anilines is 1. The first-order chi connectivity index (χ1) is 14.9. The zero-order valence-electron chi connectivity index (χ0n) is 16.7. The van der Waals surface area contributed by atoms with E-state index in [9.17, 15) is 23.3 Å². The Bertz CT molecular complexity index is 1250. The van der Waals surface area contributed by atoms with Gasteiger partial charge >= 0.3 is 0 Å². The topological polar surface area (TPSA) is 134 Å². The molecule has 0 aliphatic carbocycles. The molecular weight excluding hydrogens is 422 g/mol. The third-order valence-electron chi connectivity index (χ3n) is 5.28. The highest BCUT2D eigenvalue weighted by Gasteiger charge is 2.30. The summed E-state index contributed by atoms with van der Waals surface area (Å²) in [5.41, 5.74) is -0.119. The van der Waals surface area contributed by atoms with Gasteiger partial charge in [-0.25, -0.2) is 13.4 Å². The van der Waals surface area contributed by atoms with Gasteiger partial charge in [-0.3, -0.25) is 14.0 Å². The van der Waals surface area contributed by atoms with Gasteiger partial charge in [0.1, 0.15) is 23.1 Å². The van der Waals surface area contributed by atoms with E-state index in [1.54, 1.807) is 24.4 Å². The van der Waals surface area contributed by atoms with Crippen molar-refractivity contribution in [3.05, 3.63) is 45.9 Å². The summed E-state index contributed by atoms with van der Waals surface area (Å²) in [6.07, 6.45) is 3.10. The summed E-state index contributed by atoms with van der Waals surface area (Å²) in [4.78, 5) is 32.3. The van der Waals surface area contributed by atoms with E-state index in [4.69, 9.17) is 4.74 Å². The number of rotatable bonds is 4. The summed E-state index contributed by atoms with van der Waals surface area (Å²) in [5.74, 6) is -0.490. The zero-order valence-corrected chi connectivity index (χ0v) is 17.5. The van der Waals surface area contributed by atoms with Crippen LogP contribution in [0.15, 0.2) is 34.8 Å². The number of morpholine rings is 1. The standard InChI is InChI=1S/C20H21N5O5S/c21-12-14(19(26)22-15-4-10-31(28,29)13-15)11-16-18(24-6-8-30-9-7-24)23-17-3-1-2-5-25(17)20(16)27/h1-3,5,11,15H,4,6-10,13H2,(H,22,26)/b14-11+/t15-/m1/s1. The van der Waals surface area contributed by atoms with E-state index < -0.39 is 27.3 Å². The van der Waals surface area contributed by atoms with Gasteiger partial charge in [0.15, 0.2) is 9.84 Å². The van der Waals surface area contributed by atoms with Gasteiger partial charge in [-0.1, -0.05) is 6.07 Å². The molecule has 2 fully saturated rings. The summed E-state index contributed by atoms with van der Waals surface area (Å²) >= 11 is 0. The van der Waals surface area contributed by atoms with Crippen LogP contribution in [0.3, 0.4) is 0 Å². The Hall–Kier alpha value is -3.23. The SMILES string of the molecule is N#C/C(=C\c1c(N2CCOCC2)nc2ccccn2c1=O)C(=O)N[C@@H]1CCS(=O)(=O)C1. The second kappa shape index (κ2) is 8.49. The molecule has 11 heteroatoms. The van der Waals surface area contributed by atoms with Gasteiger partial charge in [-0.05, 0) is 24.6 Å². The van der Waals surface area contributed by atoms with Crippen molar-refractivity contribution < 1.29 is 17.9 Å². The first-order valence-electron chi connectivity index (χ1n) is 9.85. The number of pyridine rings is 1. The molecule has 2 aliphatic heterocycles. The van der Waals surface area contributed by atoms with Gasteiger partial charge in [0.05, 0.1) is 30.3 Å². The van der Waals surface area contributed by atoms with E-state index in [-0.39, 0.29) is 22.6 Å². The monoisotopic (exact) mass is 443 g/mol. The third kappa shape index (κ3) is 4.45. The molecule has 0 unspecified atom stereocenters. The van der Waals surface area contributed by atoms with Crippen LogP contribution in [-0.2, 0) is 19.4 Å². The van der Waals surface area contributed by atoms with Crippen molar-refractivity contribution in [2.24, 2.45) is 0 Å². The number of nitriles is 1. The Balaban J connectivity index is 1.74. The van der Waals surface area contributed by atoms with E-state index >= 15 is 0 Å². The molecule has 1 atom stereocenters. The lowest BCUT2D eigenvalue weighted by Gasteiger charge is -2.29. The minimum atomic E-state index is -3.18. The number of aromatic nitrogens is 2. The molecule has 162 valence electrons. The van der Waals surface area contributed by atoms with Gasteiger partial charge in [0.2, 0.25) is 0 Å². The molecule has 0 bridgehead atoms. The lowest BCUT2D eigenvalue weighted by atomic mass is 10.1. The molecule has 2 aromatic rings. The first kappa shape index (κ1) is 21.0. The van der Waals surface area contributed by atoms with Crippen molar-refractivity contribution in [3.8, 4) is 6.07 Å². The van der Waals surface area contributed by atoms with Gasteiger partial charge in [0.25, 0.3) is 11.5 Å². The van der Waals surface area contributed by atoms with Crippen LogP contribution < -0.4 is 15.8 Å². The van der Waals surface area contributed by atoms with Crippen LogP contribution in [0.5, 0.6) is 0 Å². The van der Waals surface area contributed by atoms with Crippen LogP contribution in [0.2, 0.25) is 0 Å². The lowest BCUT2D eigenvalue weighted by Crippen LogP contribution is -2.39. The molecule has 0 spiro atoms. The number of carbonyl (C=O) groups is 1. The van der Waals surface area contributed by atoms with Crippen LogP contribution in [0.25, 0.3) is 11.7 Å².